The standard InChI is InChI=1S/C72H135NO3/c1-3-5-7-9-11-13-15-17-19-21-23-25-27-29-31-33-35-36-38-39-41-43-45-47-49-51-53-55-57-59-61-63-65-67-71(75)70(69-74)73-72(76)68-66-64-62-60-58-56-54-52-50-48-46-44-42-40-37-34-32-30-28-26-24-22-20-18-16-14-12-10-8-6-4-2/h6,8,12,14,18,20,24,26,30,32,70-71,74-75H,3-5,7,9-11,13,15-17,19,21-23,25,27-29,31,33-69H2,1-2H3,(H,73,76)/b8-6-,14-12-,20-18-,26-24-,32-30-. The molecule has 0 bridgehead atoms. The lowest BCUT2D eigenvalue weighted by Gasteiger charge is -2.22. The maximum absolute atomic E-state index is 12.6. The van der Waals surface area contributed by atoms with Crippen molar-refractivity contribution in [2.75, 3.05) is 6.61 Å². The molecule has 0 aliphatic rings. The molecule has 2 atom stereocenters. The molecule has 0 aromatic rings. The van der Waals surface area contributed by atoms with Gasteiger partial charge >= 0.3 is 0 Å². The minimum Gasteiger partial charge on any atom is -0.394 e. The van der Waals surface area contributed by atoms with Gasteiger partial charge < -0.3 is 15.5 Å². The molecule has 4 heteroatoms. The predicted octanol–water partition coefficient (Wildman–Crippen LogP) is 23.5. The monoisotopic (exact) mass is 1060 g/mol. The zero-order valence-electron chi connectivity index (χ0n) is 51.5. The molecule has 446 valence electrons. The van der Waals surface area contributed by atoms with Crippen molar-refractivity contribution in [1.82, 2.24) is 5.32 Å². The van der Waals surface area contributed by atoms with E-state index in [2.05, 4.69) is 79.9 Å². The average Bonchev–Trinajstić information content (AvgIpc) is 3.42. The fourth-order valence-electron chi connectivity index (χ4n) is 10.9. The number of hydrogen-bond acceptors (Lipinski definition) is 3. The quantitative estimate of drug-likeness (QED) is 0.0420. The maximum atomic E-state index is 12.6. The molecule has 3 N–H and O–H groups in total. The minimum atomic E-state index is -0.663. The fraction of sp³-hybridized carbons (Fsp3) is 0.847. The highest BCUT2D eigenvalue weighted by Gasteiger charge is 2.20. The van der Waals surface area contributed by atoms with Gasteiger partial charge in [-0.15, -0.1) is 0 Å². The lowest BCUT2D eigenvalue weighted by Crippen LogP contribution is -2.45. The van der Waals surface area contributed by atoms with E-state index in [4.69, 9.17) is 0 Å². The van der Waals surface area contributed by atoms with Crippen molar-refractivity contribution in [2.45, 2.75) is 386 Å². The van der Waals surface area contributed by atoms with Gasteiger partial charge in [0.25, 0.3) is 0 Å². The molecule has 0 rings (SSSR count). The number of nitrogens with one attached hydrogen (secondary N) is 1. The molecule has 0 aromatic heterocycles. The zero-order valence-corrected chi connectivity index (χ0v) is 51.5. The van der Waals surface area contributed by atoms with E-state index in [-0.39, 0.29) is 12.5 Å². The number of rotatable bonds is 64. The van der Waals surface area contributed by atoms with Crippen LogP contribution < -0.4 is 5.32 Å². The highest BCUT2D eigenvalue weighted by molar-refractivity contribution is 5.76. The highest BCUT2D eigenvalue weighted by atomic mass is 16.3. The Hall–Kier alpha value is -1.91. The van der Waals surface area contributed by atoms with Gasteiger partial charge in [-0.3, -0.25) is 4.79 Å². The van der Waals surface area contributed by atoms with E-state index < -0.39 is 12.1 Å². The summed E-state index contributed by atoms with van der Waals surface area (Å²) in [5.41, 5.74) is 0. The van der Waals surface area contributed by atoms with Crippen LogP contribution in [0.5, 0.6) is 0 Å². The molecule has 2 unspecified atom stereocenters. The number of amides is 1. The number of allylic oxidation sites excluding steroid dienone is 10. The van der Waals surface area contributed by atoms with Crippen LogP contribution in [-0.2, 0) is 4.79 Å². The molecule has 0 aliphatic heterocycles. The Balaban J connectivity index is 3.41. The van der Waals surface area contributed by atoms with E-state index in [0.29, 0.717) is 12.8 Å². The Kier molecular flexibility index (Phi) is 65.7. The summed E-state index contributed by atoms with van der Waals surface area (Å²) in [6, 6.07) is -0.540. The molecular weight excluding hydrogens is 927 g/mol. The number of carbonyl (C=O) groups is 1. The Morgan fingerprint density at radius 1 is 0.329 bits per heavy atom. The average molecular weight is 1060 g/mol. The molecule has 0 saturated carbocycles. The summed E-state index contributed by atoms with van der Waals surface area (Å²) < 4.78 is 0. The van der Waals surface area contributed by atoms with Crippen LogP contribution in [0.15, 0.2) is 60.8 Å². The Morgan fingerprint density at radius 2 is 0.579 bits per heavy atom. The third kappa shape index (κ3) is 62.9. The number of carbonyl (C=O) groups excluding carboxylic acids is 1. The van der Waals surface area contributed by atoms with Gasteiger partial charge in [-0.05, 0) is 57.8 Å². The van der Waals surface area contributed by atoms with Crippen molar-refractivity contribution >= 4 is 5.91 Å². The van der Waals surface area contributed by atoms with Gasteiger partial charge in [0.1, 0.15) is 0 Å². The van der Waals surface area contributed by atoms with Crippen LogP contribution in [0.2, 0.25) is 0 Å². The van der Waals surface area contributed by atoms with Crippen molar-refractivity contribution in [2.24, 2.45) is 0 Å². The van der Waals surface area contributed by atoms with E-state index in [1.165, 1.54) is 289 Å². The first-order valence-corrected chi connectivity index (χ1v) is 34.5. The van der Waals surface area contributed by atoms with Crippen LogP contribution in [0.3, 0.4) is 0 Å². The first-order valence-electron chi connectivity index (χ1n) is 34.5. The summed E-state index contributed by atoms with van der Waals surface area (Å²) in [6.45, 7) is 4.28. The second kappa shape index (κ2) is 67.4. The van der Waals surface area contributed by atoms with Crippen molar-refractivity contribution in [1.29, 1.82) is 0 Å². The molecule has 0 radical (unpaired) electrons. The number of aliphatic hydroxyl groups excluding tert-OH is 2. The second-order valence-corrected chi connectivity index (χ2v) is 23.6. The summed E-state index contributed by atoms with van der Waals surface area (Å²) >= 11 is 0. The fourth-order valence-corrected chi connectivity index (χ4v) is 10.9. The molecule has 0 fully saturated rings. The SMILES string of the molecule is CC/C=C\C/C=C\C/C=C\C/C=C\C/C=C\CCCCCCCCCCCCCCCCCC(=O)NC(CO)C(O)CCCCCCCCCCCCCCCCCCCCCCCCCCCCCCCCCCC. The van der Waals surface area contributed by atoms with Crippen molar-refractivity contribution in [3.05, 3.63) is 60.8 Å². The second-order valence-electron chi connectivity index (χ2n) is 23.6. The van der Waals surface area contributed by atoms with Crippen molar-refractivity contribution < 1.29 is 15.0 Å². The minimum absolute atomic E-state index is 0.0272. The number of hydrogen-bond donors (Lipinski definition) is 3. The van der Waals surface area contributed by atoms with Crippen LogP contribution >= 0.6 is 0 Å². The van der Waals surface area contributed by atoms with Crippen molar-refractivity contribution in [3.63, 3.8) is 0 Å². The summed E-state index contributed by atoms with van der Waals surface area (Å²) in [6.07, 6.45) is 95.6. The van der Waals surface area contributed by atoms with Crippen LogP contribution in [0, 0.1) is 0 Å². The molecule has 0 aromatic carbocycles. The van der Waals surface area contributed by atoms with E-state index in [9.17, 15) is 15.0 Å². The van der Waals surface area contributed by atoms with Gasteiger partial charge in [0.15, 0.2) is 0 Å². The molecule has 4 nitrogen and oxygen atoms in total. The summed E-state index contributed by atoms with van der Waals surface area (Å²) in [5, 5.41) is 23.5. The predicted molar refractivity (Wildman–Crippen MR) is 341 cm³/mol. The van der Waals surface area contributed by atoms with Crippen LogP contribution in [0.4, 0.5) is 0 Å². The van der Waals surface area contributed by atoms with Gasteiger partial charge in [0.05, 0.1) is 18.8 Å². The third-order valence-electron chi connectivity index (χ3n) is 16.0. The van der Waals surface area contributed by atoms with E-state index >= 15 is 0 Å². The molecule has 0 saturated heterocycles. The van der Waals surface area contributed by atoms with Crippen LogP contribution in [0.1, 0.15) is 373 Å². The lowest BCUT2D eigenvalue weighted by atomic mass is 10.0. The molecular formula is C72H135NO3. The normalized spacial score (nSPS) is 13.1. The molecule has 0 aliphatic carbocycles. The molecule has 1 amide bonds. The largest absolute Gasteiger partial charge is 0.394 e. The summed E-state index contributed by atoms with van der Waals surface area (Å²) in [5.74, 6) is -0.0272. The maximum Gasteiger partial charge on any atom is 0.220 e. The molecule has 0 spiro atoms. The van der Waals surface area contributed by atoms with E-state index in [0.717, 1.165) is 57.8 Å². The first kappa shape index (κ1) is 74.1. The van der Waals surface area contributed by atoms with Gasteiger partial charge in [-0.25, -0.2) is 0 Å². The van der Waals surface area contributed by atoms with Gasteiger partial charge in [-0.2, -0.15) is 0 Å². The zero-order chi connectivity index (χ0) is 54.8. The van der Waals surface area contributed by atoms with Gasteiger partial charge in [0.2, 0.25) is 5.91 Å². The Bertz CT molecular complexity index is 1250. The van der Waals surface area contributed by atoms with Gasteiger partial charge in [0, 0.05) is 6.42 Å². The van der Waals surface area contributed by atoms with Gasteiger partial charge in [-0.1, -0.05) is 370 Å². The first-order chi connectivity index (χ1) is 37.7. The molecule has 0 heterocycles. The summed E-state index contributed by atoms with van der Waals surface area (Å²) in [4.78, 5) is 12.6. The Morgan fingerprint density at radius 3 is 0.868 bits per heavy atom. The Labute approximate surface area is 477 Å². The highest BCUT2D eigenvalue weighted by Crippen LogP contribution is 2.19. The lowest BCUT2D eigenvalue weighted by molar-refractivity contribution is -0.123. The van der Waals surface area contributed by atoms with E-state index in [1.54, 1.807) is 0 Å². The summed E-state index contributed by atoms with van der Waals surface area (Å²) in [7, 11) is 0. The van der Waals surface area contributed by atoms with E-state index in [1.807, 2.05) is 0 Å². The third-order valence-corrected chi connectivity index (χ3v) is 16.0. The van der Waals surface area contributed by atoms with Crippen LogP contribution in [-0.4, -0.2) is 34.9 Å². The number of aliphatic hydroxyl groups is 2. The smallest absolute Gasteiger partial charge is 0.220 e. The molecule has 76 heavy (non-hydrogen) atoms. The van der Waals surface area contributed by atoms with Crippen LogP contribution in [0.25, 0.3) is 0 Å². The van der Waals surface area contributed by atoms with Crippen molar-refractivity contribution in [3.8, 4) is 0 Å². The number of unbranched alkanes of at least 4 members (excludes halogenated alkanes) is 47. The topological polar surface area (TPSA) is 69.6 Å².